The van der Waals surface area contributed by atoms with Crippen LogP contribution in [0.2, 0.25) is 10.3 Å². The van der Waals surface area contributed by atoms with E-state index in [1.165, 1.54) is 0 Å². The zero-order chi connectivity index (χ0) is 12.2. The molecule has 1 heterocycles. The van der Waals surface area contributed by atoms with Crippen LogP contribution in [0.25, 0.3) is 0 Å². The van der Waals surface area contributed by atoms with Gasteiger partial charge in [-0.3, -0.25) is 0 Å². The Kier molecular flexibility index (Phi) is 4.82. The number of hydrogen-bond acceptors (Lipinski definition) is 1. The number of halogens is 2. The first-order valence-electron chi connectivity index (χ1n) is 5.52. The summed E-state index contributed by atoms with van der Waals surface area (Å²) in [5.41, 5.74) is 1.24. The van der Waals surface area contributed by atoms with E-state index in [1.54, 1.807) is 0 Å². The summed E-state index contributed by atoms with van der Waals surface area (Å²) in [6, 6.07) is 3.81. The van der Waals surface area contributed by atoms with E-state index in [2.05, 4.69) is 25.4 Å². The molecular formula is C13H17Cl2N. The first kappa shape index (κ1) is 13.5. The fraction of sp³-hybridized carbons (Fsp3) is 0.462. The summed E-state index contributed by atoms with van der Waals surface area (Å²) in [7, 11) is 0. The van der Waals surface area contributed by atoms with Crippen molar-refractivity contribution in [3.63, 3.8) is 0 Å². The molecule has 0 aliphatic carbocycles. The van der Waals surface area contributed by atoms with Crippen molar-refractivity contribution in [2.75, 3.05) is 0 Å². The molecule has 0 saturated carbocycles. The molecule has 88 valence electrons. The van der Waals surface area contributed by atoms with Gasteiger partial charge in [-0.2, -0.15) is 0 Å². The molecule has 1 aromatic heterocycles. The Morgan fingerprint density at radius 2 is 1.75 bits per heavy atom. The summed E-state index contributed by atoms with van der Waals surface area (Å²) in [5.74, 6) is 0. The monoisotopic (exact) mass is 257 g/mol. The highest BCUT2D eigenvalue weighted by Crippen LogP contribution is 2.37. The SMILES string of the molecule is C=CCC(CC)(CC)c1cc(Cl)nc(Cl)c1. The quantitative estimate of drug-likeness (QED) is 0.533. The zero-order valence-corrected chi connectivity index (χ0v) is 11.3. The second-order valence-corrected chi connectivity index (χ2v) is 4.76. The smallest absolute Gasteiger partial charge is 0.131 e. The van der Waals surface area contributed by atoms with E-state index in [0.717, 1.165) is 24.8 Å². The number of aromatic nitrogens is 1. The van der Waals surface area contributed by atoms with Crippen LogP contribution in [0, 0.1) is 0 Å². The molecule has 0 amide bonds. The van der Waals surface area contributed by atoms with Gasteiger partial charge in [0.15, 0.2) is 0 Å². The van der Waals surface area contributed by atoms with Gasteiger partial charge in [-0.25, -0.2) is 4.98 Å². The molecule has 1 rings (SSSR count). The largest absolute Gasteiger partial charge is 0.224 e. The van der Waals surface area contributed by atoms with Gasteiger partial charge in [0.25, 0.3) is 0 Å². The highest BCUT2D eigenvalue weighted by Gasteiger charge is 2.27. The lowest BCUT2D eigenvalue weighted by Crippen LogP contribution is -2.23. The van der Waals surface area contributed by atoms with E-state index in [0.29, 0.717) is 10.3 Å². The summed E-state index contributed by atoms with van der Waals surface area (Å²) < 4.78 is 0. The Morgan fingerprint density at radius 3 is 2.12 bits per heavy atom. The van der Waals surface area contributed by atoms with Gasteiger partial charge in [-0.15, -0.1) is 6.58 Å². The van der Waals surface area contributed by atoms with Gasteiger partial charge in [-0.05, 0) is 42.4 Å². The highest BCUT2D eigenvalue weighted by molar-refractivity contribution is 6.32. The molecule has 0 unspecified atom stereocenters. The Hall–Kier alpha value is -0.530. The molecule has 0 atom stereocenters. The van der Waals surface area contributed by atoms with E-state index in [-0.39, 0.29) is 5.41 Å². The third kappa shape index (κ3) is 2.78. The third-order valence-electron chi connectivity index (χ3n) is 3.26. The summed E-state index contributed by atoms with van der Waals surface area (Å²) in [6.07, 6.45) is 4.95. The maximum Gasteiger partial charge on any atom is 0.131 e. The van der Waals surface area contributed by atoms with E-state index in [4.69, 9.17) is 23.2 Å². The van der Waals surface area contributed by atoms with Crippen molar-refractivity contribution in [2.45, 2.75) is 38.5 Å². The van der Waals surface area contributed by atoms with E-state index >= 15 is 0 Å². The summed E-state index contributed by atoms with van der Waals surface area (Å²) in [4.78, 5) is 3.98. The van der Waals surface area contributed by atoms with Crippen molar-refractivity contribution < 1.29 is 0 Å². The average molecular weight is 258 g/mol. The average Bonchev–Trinajstić information content (AvgIpc) is 2.24. The number of allylic oxidation sites excluding steroid dienone is 1. The first-order chi connectivity index (χ1) is 7.57. The van der Waals surface area contributed by atoms with E-state index in [9.17, 15) is 0 Å². The van der Waals surface area contributed by atoms with Crippen LogP contribution in [-0.4, -0.2) is 4.98 Å². The summed E-state index contributed by atoms with van der Waals surface area (Å²) >= 11 is 11.9. The molecule has 0 spiro atoms. The van der Waals surface area contributed by atoms with E-state index in [1.807, 2.05) is 18.2 Å². The third-order valence-corrected chi connectivity index (χ3v) is 3.65. The molecule has 0 radical (unpaired) electrons. The lowest BCUT2D eigenvalue weighted by molar-refractivity contribution is 0.400. The van der Waals surface area contributed by atoms with Gasteiger partial charge >= 0.3 is 0 Å². The Bertz CT molecular complexity index is 350. The van der Waals surface area contributed by atoms with Gasteiger partial charge in [0.05, 0.1) is 0 Å². The molecule has 3 heteroatoms. The van der Waals surface area contributed by atoms with Crippen LogP contribution in [0.1, 0.15) is 38.7 Å². The number of hydrogen-bond donors (Lipinski definition) is 0. The second-order valence-electron chi connectivity index (χ2n) is 3.98. The molecule has 1 aromatic rings. The molecule has 0 aromatic carbocycles. The van der Waals surface area contributed by atoms with Gasteiger partial charge in [-0.1, -0.05) is 43.1 Å². The molecule has 16 heavy (non-hydrogen) atoms. The van der Waals surface area contributed by atoms with Crippen LogP contribution in [0.3, 0.4) is 0 Å². The lowest BCUT2D eigenvalue weighted by atomic mass is 9.74. The standard InChI is InChI=1S/C13H17Cl2N/c1-4-7-13(5-2,6-3)10-8-11(14)16-12(15)9-10/h4,8-9H,1,5-7H2,2-3H3. The minimum absolute atomic E-state index is 0.0813. The topological polar surface area (TPSA) is 12.9 Å². The number of pyridine rings is 1. The molecule has 1 nitrogen and oxygen atoms in total. The molecular weight excluding hydrogens is 241 g/mol. The van der Waals surface area contributed by atoms with Gasteiger partial charge in [0, 0.05) is 0 Å². The maximum atomic E-state index is 5.95. The first-order valence-corrected chi connectivity index (χ1v) is 6.28. The maximum absolute atomic E-state index is 5.95. The van der Waals surface area contributed by atoms with Crippen molar-refractivity contribution in [3.05, 3.63) is 40.7 Å². The van der Waals surface area contributed by atoms with Crippen LogP contribution >= 0.6 is 23.2 Å². The lowest BCUT2D eigenvalue weighted by Gasteiger charge is -2.31. The number of rotatable bonds is 5. The summed E-state index contributed by atoms with van der Waals surface area (Å²) in [6.45, 7) is 8.18. The predicted octanol–water partition coefficient (Wildman–Crippen LogP) is 5.02. The van der Waals surface area contributed by atoms with Gasteiger partial charge in [0.2, 0.25) is 0 Å². The van der Waals surface area contributed by atoms with Crippen LogP contribution in [-0.2, 0) is 5.41 Å². The van der Waals surface area contributed by atoms with Crippen molar-refractivity contribution >= 4 is 23.2 Å². The fourth-order valence-electron chi connectivity index (χ4n) is 2.11. The molecule has 0 aliphatic heterocycles. The van der Waals surface area contributed by atoms with Crippen molar-refractivity contribution in [1.29, 1.82) is 0 Å². The zero-order valence-electron chi connectivity index (χ0n) is 9.76. The van der Waals surface area contributed by atoms with Crippen molar-refractivity contribution in [2.24, 2.45) is 0 Å². The minimum atomic E-state index is 0.0813. The molecule has 0 N–H and O–H groups in total. The van der Waals surface area contributed by atoms with Crippen LogP contribution < -0.4 is 0 Å². The minimum Gasteiger partial charge on any atom is -0.224 e. The normalized spacial score (nSPS) is 11.5. The number of nitrogens with zero attached hydrogens (tertiary/aromatic N) is 1. The van der Waals surface area contributed by atoms with Crippen LogP contribution in [0.15, 0.2) is 24.8 Å². The Labute approximate surface area is 107 Å². The van der Waals surface area contributed by atoms with Crippen LogP contribution in [0.4, 0.5) is 0 Å². The fourth-order valence-corrected chi connectivity index (χ4v) is 2.57. The molecule has 0 aliphatic rings. The predicted molar refractivity (Wildman–Crippen MR) is 71.3 cm³/mol. The van der Waals surface area contributed by atoms with Crippen molar-refractivity contribution in [1.82, 2.24) is 4.98 Å². The van der Waals surface area contributed by atoms with Crippen LogP contribution in [0.5, 0.6) is 0 Å². The summed E-state index contributed by atoms with van der Waals surface area (Å²) in [5, 5.41) is 0.913. The Balaban J connectivity index is 3.24. The van der Waals surface area contributed by atoms with Gasteiger partial charge in [0.1, 0.15) is 10.3 Å². The molecule has 0 bridgehead atoms. The molecule has 0 fully saturated rings. The van der Waals surface area contributed by atoms with E-state index < -0.39 is 0 Å². The highest BCUT2D eigenvalue weighted by atomic mass is 35.5. The van der Waals surface area contributed by atoms with Gasteiger partial charge < -0.3 is 0 Å². The van der Waals surface area contributed by atoms with Crippen molar-refractivity contribution in [3.8, 4) is 0 Å². The molecule has 0 saturated heterocycles. The Morgan fingerprint density at radius 1 is 1.25 bits per heavy atom. The second kappa shape index (κ2) is 5.70.